The van der Waals surface area contributed by atoms with Crippen molar-refractivity contribution in [2.45, 2.75) is 52.1 Å². The van der Waals surface area contributed by atoms with E-state index in [1.165, 1.54) is 0 Å². The van der Waals surface area contributed by atoms with Gasteiger partial charge in [-0.1, -0.05) is 50.3 Å². The van der Waals surface area contributed by atoms with Crippen LogP contribution >= 0.6 is 0 Å². The van der Waals surface area contributed by atoms with Gasteiger partial charge in [0.1, 0.15) is 6.10 Å². The second kappa shape index (κ2) is 6.53. The van der Waals surface area contributed by atoms with Gasteiger partial charge in [0, 0.05) is 11.3 Å². The van der Waals surface area contributed by atoms with Crippen molar-refractivity contribution >= 4 is 5.78 Å². The van der Waals surface area contributed by atoms with Crippen molar-refractivity contribution in [1.82, 2.24) is 0 Å². The van der Waals surface area contributed by atoms with Gasteiger partial charge >= 0.3 is 0 Å². The predicted octanol–water partition coefficient (Wildman–Crippen LogP) is 3.82. The molecule has 110 valence electrons. The first-order chi connectivity index (χ1) is 9.53. The fourth-order valence-electron chi connectivity index (χ4n) is 3.12. The molecule has 0 heterocycles. The molecule has 20 heavy (non-hydrogen) atoms. The molecule has 0 aromatic carbocycles. The molecule has 2 nitrogen and oxygen atoms in total. The summed E-state index contributed by atoms with van der Waals surface area (Å²) in [7, 11) is 0. The van der Waals surface area contributed by atoms with Gasteiger partial charge in [-0.25, -0.2) is 0 Å². The molecule has 1 N–H and O–H groups in total. The molecule has 2 aliphatic rings. The minimum absolute atomic E-state index is 0.0215. The molecule has 2 aliphatic carbocycles. The molecule has 0 saturated heterocycles. The third-order valence-corrected chi connectivity index (χ3v) is 4.82. The number of aliphatic hydroxyl groups is 1. The summed E-state index contributed by atoms with van der Waals surface area (Å²) in [4.78, 5) is 12.7. The maximum absolute atomic E-state index is 12.7. The van der Waals surface area contributed by atoms with Gasteiger partial charge in [-0.2, -0.15) is 0 Å². The summed E-state index contributed by atoms with van der Waals surface area (Å²) >= 11 is 0. The van der Waals surface area contributed by atoms with Gasteiger partial charge in [-0.15, -0.1) is 0 Å². The molecule has 0 radical (unpaired) electrons. The minimum Gasteiger partial charge on any atom is -0.384 e. The lowest BCUT2D eigenvalue weighted by molar-refractivity contribution is -0.140. The maximum Gasteiger partial charge on any atom is 0.168 e. The van der Waals surface area contributed by atoms with Crippen LogP contribution in [0.4, 0.5) is 0 Å². The Labute approximate surface area is 122 Å². The van der Waals surface area contributed by atoms with Crippen molar-refractivity contribution in [3.05, 3.63) is 36.5 Å². The first-order valence-corrected chi connectivity index (χ1v) is 7.75. The van der Waals surface area contributed by atoms with Crippen molar-refractivity contribution in [3.63, 3.8) is 0 Å². The lowest BCUT2D eigenvalue weighted by atomic mass is 9.67. The molecule has 2 heteroatoms. The summed E-state index contributed by atoms with van der Waals surface area (Å²) in [6, 6.07) is 0. The molecule has 0 aromatic heterocycles. The van der Waals surface area contributed by atoms with Gasteiger partial charge in [0.25, 0.3) is 0 Å². The Kier molecular flexibility index (Phi) is 4.98. The summed E-state index contributed by atoms with van der Waals surface area (Å²) in [6.45, 7) is 4.27. The van der Waals surface area contributed by atoms with Crippen LogP contribution in [-0.4, -0.2) is 17.0 Å². The molecule has 2 atom stereocenters. The minimum atomic E-state index is -0.910. The van der Waals surface area contributed by atoms with Gasteiger partial charge in [-0.05, 0) is 38.0 Å². The number of hydrogen-bond acceptors (Lipinski definition) is 2. The fraction of sp³-hybridized carbons (Fsp3) is 0.611. The SMILES string of the molecule is CC1CCC(C)(C(=O)C(O)C2C=C/C=C\C/C=C\2)CC1. The first-order valence-electron chi connectivity index (χ1n) is 7.75. The average molecular weight is 274 g/mol. The van der Waals surface area contributed by atoms with Gasteiger partial charge < -0.3 is 5.11 Å². The summed E-state index contributed by atoms with van der Waals surface area (Å²) < 4.78 is 0. The zero-order valence-corrected chi connectivity index (χ0v) is 12.6. The van der Waals surface area contributed by atoms with Gasteiger partial charge in [-0.3, -0.25) is 4.79 Å². The van der Waals surface area contributed by atoms with E-state index in [1.54, 1.807) is 0 Å². The Morgan fingerprint density at radius 1 is 1.20 bits per heavy atom. The molecule has 2 rings (SSSR count). The van der Waals surface area contributed by atoms with Crippen molar-refractivity contribution in [3.8, 4) is 0 Å². The lowest BCUT2D eigenvalue weighted by Crippen LogP contribution is -2.42. The van der Waals surface area contributed by atoms with Crippen LogP contribution in [0.3, 0.4) is 0 Å². The lowest BCUT2D eigenvalue weighted by Gasteiger charge is -2.37. The molecule has 0 spiro atoms. The highest BCUT2D eigenvalue weighted by molar-refractivity contribution is 5.89. The smallest absolute Gasteiger partial charge is 0.168 e. The Morgan fingerprint density at radius 3 is 2.60 bits per heavy atom. The van der Waals surface area contributed by atoms with Crippen LogP contribution in [0.5, 0.6) is 0 Å². The first kappa shape index (κ1) is 15.2. The van der Waals surface area contributed by atoms with Crippen molar-refractivity contribution in [2.75, 3.05) is 0 Å². The predicted molar refractivity (Wildman–Crippen MR) is 82.3 cm³/mol. The van der Waals surface area contributed by atoms with Gasteiger partial charge in [0.15, 0.2) is 5.78 Å². The zero-order valence-electron chi connectivity index (χ0n) is 12.6. The van der Waals surface area contributed by atoms with Crippen LogP contribution in [0.2, 0.25) is 0 Å². The molecule has 1 fully saturated rings. The van der Waals surface area contributed by atoms with Gasteiger partial charge in [0.05, 0.1) is 0 Å². The fourth-order valence-corrected chi connectivity index (χ4v) is 3.12. The van der Waals surface area contributed by atoms with Crippen molar-refractivity contribution < 1.29 is 9.90 Å². The summed E-state index contributed by atoms with van der Waals surface area (Å²) in [5.41, 5.74) is -0.341. The van der Waals surface area contributed by atoms with E-state index in [-0.39, 0.29) is 17.1 Å². The zero-order chi connectivity index (χ0) is 14.6. The third kappa shape index (κ3) is 3.49. The van der Waals surface area contributed by atoms with E-state index >= 15 is 0 Å². The van der Waals surface area contributed by atoms with Crippen molar-refractivity contribution in [2.24, 2.45) is 17.3 Å². The summed E-state index contributed by atoms with van der Waals surface area (Å²) in [6.07, 6.45) is 15.8. The molecule has 0 aromatic rings. The Balaban J connectivity index is 2.07. The average Bonchev–Trinajstić information content (AvgIpc) is 2.40. The molecule has 0 bridgehead atoms. The molecule has 0 amide bonds. The van der Waals surface area contributed by atoms with E-state index in [1.807, 2.05) is 37.3 Å². The monoisotopic (exact) mass is 274 g/mol. The molecular formula is C18H26O2. The number of allylic oxidation sites excluding steroid dienone is 4. The van der Waals surface area contributed by atoms with Crippen LogP contribution in [0.1, 0.15) is 46.0 Å². The Bertz CT molecular complexity index is 423. The number of carbonyl (C=O) groups is 1. The Morgan fingerprint density at radius 2 is 1.90 bits per heavy atom. The van der Waals surface area contributed by atoms with Gasteiger partial charge in [0.2, 0.25) is 0 Å². The van der Waals surface area contributed by atoms with Crippen LogP contribution < -0.4 is 0 Å². The maximum atomic E-state index is 12.7. The normalized spacial score (nSPS) is 38.5. The van der Waals surface area contributed by atoms with Crippen LogP contribution in [0.15, 0.2) is 36.5 Å². The summed E-state index contributed by atoms with van der Waals surface area (Å²) in [5.74, 6) is 0.538. The highest BCUT2D eigenvalue weighted by Crippen LogP contribution is 2.40. The highest BCUT2D eigenvalue weighted by Gasteiger charge is 2.40. The third-order valence-electron chi connectivity index (χ3n) is 4.82. The molecule has 1 saturated carbocycles. The highest BCUT2D eigenvalue weighted by atomic mass is 16.3. The summed E-state index contributed by atoms with van der Waals surface area (Å²) in [5, 5.41) is 10.5. The second-order valence-electron chi connectivity index (χ2n) is 6.61. The van der Waals surface area contributed by atoms with E-state index in [0.29, 0.717) is 5.92 Å². The number of ketones is 1. The molecular weight excluding hydrogens is 248 g/mol. The van der Waals surface area contributed by atoms with E-state index in [0.717, 1.165) is 32.1 Å². The van der Waals surface area contributed by atoms with Crippen LogP contribution in [0.25, 0.3) is 0 Å². The second-order valence-corrected chi connectivity index (χ2v) is 6.61. The number of hydrogen-bond donors (Lipinski definition) is 1. The topological polar surface area (TPSA) is 37.3 Å². The quantitative estimate of drug-likeness (QED) is 0.794. The van der Waals surface area contributed by atoms with E-state index in [2.05, 4.69) is 13.0 Å². The van der Waals surface area contributed by atoms with Crippen molar-refractivity contribution in [1.29, 1.82) is 0 Å². The number of aliphatic hydroxyl groups excluding tert-OH is 1. The number of carbonyl (C=O) groups excluding carboxylic acids is 1. The van der Waals surface area contributed by atoms with E-state index < -0.39 is 6.10 Å². The number of rotatable bonds is 3. The number of Topliss-reactive ketones (excluding diaryl/α,β-unsaturated/α-hetero) is 1. The standard InChI is InChI=1S/C18H26O2/c1-14-10-12-18(2,13-11-14)17(20)16(19)15-8-6-4-3-5-7-9-15/h3-4,6-9,14-16,19H,5,10-13H2,1-2H3/b4-3-,8-6?,9-7-. The molecule has 2 unspecified atom stereocenters. The largest absolute Gasteiger partial charge is 0.384 e. The molecule has 0 aliphatic heterocycles. The van der Waals surface area contributed by atoms with E-state index in [4.69, 9.17) is 0 Å². The Hall–Kier alpha value is -1.15. The van der Waals surface area contributed by atoms with Crippen LogP contribution in [-0.2, 0) is 4.79 Å². The van der Waals surface area contributed by atoms with E-state index in [9.17, 15) is 9.90 Å². The van der Waals surface area contributed by atoms with Crippen LogP contribution in [0, 0.1) is 17.3 Å².